The Morgan fingerprint density at radius 1 is 1.19 bits per heavy atom. The molecule has 0 bridgehead atoms. The van der Waals surface area contributed by atoms with Crippen LogP contribution in [0.15, 0.2) is 43.0 Å². The van der Waals surface area contributed by atoms with Crippen molar-refractivity contribution < 1.29 is 27.8 Å². The van der Waals surface area contributed by atoms with E-state index in [1.165, 1.54) is 13.2 Å². The van der Waals surface area contributed by atoms with Gasteiger partial charge in [0.25, 0.3) is 5.91 Å². The standard InChI is InChI=1S/C25H22F2N6O4/c1-32-12-15(10-30-32)17-9-22-29-11-18(33(22)13-21(17)36-6-5-28)14-7-19(35-2)23(20(8-14)37-25(26)27)24(34)31-16-3-4-16/h7-13,16,25H,3-4,6H2,1-2H3,(H,31,34). The van der Waals surface area contributed by atoms with Crippen LogP contribution in [0, 0.1) is 11.3 Å². The molecule has 1 aliphatic rings. The summed E-state index contributed by atoms with van der Waals surface area (Å²) in [6.07, 6.45) is 8.34. The number of halogens is 2. The van der Waals surface area contributed by atoms with E-state index in [1.54, 1.807) is 53.1 Å². The predicted octanol–water partition coefficient (Wildman–Crippen LogP) is 3.81. The van der Waals surface area contributed by atoms with Crippen LogP contribution in [-0.2, 0) is 7.05 Å². The van der Waals surface area contributed by atoms with Gasteiger partial charge in [0.05, 0.1) is 31.4 Å². The highest BCUT2D eigenvalue weighted by atomic mass is 19.3. The van der Waals surface area contributed by atoms with Gasteiger partial charge < -0.3 is 19.5 Å². The highest BCUT2D eigenvalue weighted by Crippen LogP contribution is 2.38. The maximum Gasteiger partial charge on any atom is 0.387 e. The van der Waals surface area contributed by atoms with E-state index in [4.69, 9.17) is 19.5 Å². The molecule has 1 aromatic carbocycles. The molecule has 3 aromatic heterocycles. The van der Waals surface area contributed by atoms with E-state index in [9.17, 15) is 13.6 Å². The number of amides is 1. The second-order valence-corrected chi connectivity index (χ2v) is 8.45. The SMILES string of the molecule is COc1cc(-c2cnc3cc(-c4cnn(C)c4)c(OCC#N)cn23)cc(OC(F)F)c1C(=O)NC1CC1. The summed E-state index contributed by atoms with van der Waals surface area (Å²) >= 11 is 0. The van der Waals surface area contributed by atoms with Crippen LogP contribution in [0.5, 0.6) is 17.2 Å². The summed E-state index contributed by atoms with van der Waals surface area (Å²) in [6.45, 7) is -3.34. The molecule has 0 spiro atoms. The molecular weight excluding hydrogens is 486 g/mol. The van der Waals surface area contributed by atoms with Gasteiger partial charge in [-0.25, -0.2) is 4.98 Å². The molecule has 4 aromatic rings. The summed E-state index contributed by atoms with van der Waals surface area (Å²) in [5.41, 5.74) is 2.79. The zero-order valence-corrected chi connectivity index (χ0v) is 19.9. The minimum atomic E-state index is -3.15. The van der Waals surface area contributed by atoms with Gasteiger partial charge in [-0.15, -0.1) is 0 Å². The number of hydrogen-bond acceptors (Lipinski definition) is 7. The molecule has 0 atom stereocenters. The number of alkyl halides is 2. The number of carbonyl (C=O) groups excluding carboxylic acids is 1. The average Bonchev–Trinajstić information content (AvgIpc) is 3.42. The molecule has 0 unspecified atom stereocenters. The Morgan fingerprint density at radius 3 is 2.62 bits per heavy atom. The van der Waals surface area contributed by atoms with Crippen LogP contribution in [0.1, 0.15) is 23.2 Å². The lowest BCUT2D eigenvalue weighted by molar-refractivity contribution is -0.0502. The van der Waals surface area contributed by atoms with Crippen molar-refractivity contribution in [1.29, 1.82) is 5.26 Å². The predicted molar refractivity (Wildman–Crippen MR) is 128 cm³/mol. The molecule has 0 saturated heterocycles. The molecular formula is C25H22F2N6O4. The molecule has 1 aliphatic carbocycles. The number of ether oxygens (including phenoxy) is 3. The number of aromatic nitrogens is 4. The van der Waals surface area contributed by atoms with E-state index >= 15 is 0 Å². The molecule has 37 heavy (non-hydrogen) atoms. The monoisotopic (exact) mass is 508 g/mol. The molecule has 0 aliphatic heterocycles. The summed E-state index contributed by atoms with van der Waals surface area (Å²) < 4.78 is 45.8. The van der Waals surface area contributed by atoms with Gasteiger partial charge in [0, 0.05) is 36.0 Å². The van der Waals surface area contributed by atoms with E-state index in [-0.39, 0.29) is 29.7 Å². The first-order valence-corrected chi connectivity index (χ1v) is 11.4. The third-order valence-corrected chi connectivity index (χ3v) is 5.86. The third kappa shape index (κ3) is 4.88. The van der Waals surface area contributed by atoms with Crippen LogP contribution in [-0.4, -0.2) is 51.4 Å². The number of benzene rings is 1. The first-order valence-electron chi connectivity index (χ1n) is 11.4. The number of nitrogens with one attached hydrogen (secondary N) is 1. The van der Waals surface area contributed by atoms with Crippen LogP contribution in [0.2, 0.25) is 0 Å². The summed E-state index contributed by atoms with van der Waals surface area (Å²) in [6, 6.07) is 6.66. The lowest BCUT2D eigenvalue weighted by atomic mass is 10.1. The fourth-order valence-electron chi connectivity index (χ4n) is 4.03. The van der Waals surface area contributed by atoms with Gasteiger partial charge in [-0.05, 0) is 31.0 Å². The zero-order valence-electron chi connectivity index (χ0n) is 19.9. The van der Waals surface area contributed by atoms with Crippen LogP contribution < -0.4 is 19.5 Å². The van der Waals surface area contributed by atoms with Crippen molar-refractivity contribution in [3.63, 3.8) is 0 Å². The number of nitrogens with zero attached hydrogens (tertiary/aromatic N) is 5. The topological polar surface area (TPSA) is 116 Å². The van der Waals surface area contributed by atoms with Gasteiger partial charge in [0.1, 0.15) is 34.5 Å². The molecule has 190 valence electrons. The van der Waals surface area contributed by atoms with Crippen LogP contribution in [0.3, 0.4) is 0 Å². The number of aryl methyl sites for hydroxylation is 1. The number of nitriles is 1. The van der Waals surface area contributed by atoms with Gasteiger partial charge >= 0.3 is 6.61 Å². The van der Waals surface area contributed by atoms with Crippen LogP contribution in [0.25, 0.3) is 28.0 Å². The first-order chi connectivity index (χ1) is 17.9. The lowest BCUT2D eigenvalue weighted by Gasteiger charge is -2.16. The van der Waals surface area contributed by atoms with Crippen LogP contribution >= 0.6 is 0 Å². The molecule has 1 amide bonds. The number of methoxy groups -OCH3 is 1. The Bertz CT molecular complexity index is 1520. The molecule has 1 N–H and O–H groups in total. The van der Waals surface area contributed by atoms with Gasteiger partial charge in [0.15, 0.2) is 6.61 Å². The van der Waals surface area contributed by atoms with Crippen molar-refractivity contribution in [2.24, 2.45) is 7.05 Å². The summed E-state index contributed by atoms with van der Waals surface area (Å²) in [5, 5.41) is 16.0. The van der Waals surface area contributed by atoms with Gasteiger partial charge in [-0.1, -0.05) is 0 Å². The molecule has 5 rings (SSSR count). The van der Waals surface area contributed by atoms with E-state index in [0.717, 1.165) is 18.4 Å². The number of carbonyl (C=O) groups is 1. The quantitative estimate of drug-likeness (QED) is 0.366. The Kier molecular flexibility index (Phi) is 6.35. The molecule has 0 radical (unpaired) electrons. The van der Waals surface area contributed by atoms with Gasteiger partial charge in [0.2, 0.25) is 0 Å². The highest BCUT2D eigenvalue weighted by molar-refractivity contribution is 6.01. The number of hydrogen-bond donors (Lipinski definition) is 1. The largest absolute Gasteiger partial charge is 0.496 e. The highest BCUT2D eigenvalue weighted by Gasteiger charge is 2.29. The number of fused-ring (bicyclic) bond motifs is 1. The summed E-state index contributed by atoms with van der Waals surface area (Å²) in [5.74, 6) is -0.384. The second-order valence-electron chi connectivity index (χ2n) is 8.45. The zero-order chi connectivity index (χ0) is 26.1. The minimum Gasteiger partial charge on any atom is -0.496 e. The van der Waals surface area contributed by atoms with E-state index in [1.807, 2.05) is 6.07 Å². The van der Waals surface area contributed by atoms with E-state index in [2.05, 4.69) is 15.4 Å². The Labute approximate surface area is 210 Å². The maximum atomic E-state index is 13.3. The molecule has 3 heterocycles. The Morgan fingerprint density at radius 2 is 1.97 bits per heavy atom. The molecule has 1 fully saturated rings. The molecule has 12 heteroatoms. The number of rotatable bonds is 9. The van der Waals surface area contributed by atoms with Crippen molar-refractivity contribution in [3.05, 3.63) is 48.5 Å². The maximum absolute atomic E-state index is 13.3. The van der Waals surface area contributed by atoms with E-state index in [0.29, 0.717) is 28.2 Å². The third-order valence-electron chi connectivity index (χ3n) is 5.86. The number of pyridine rings is 1. The molecule has 1 saturated carbocycles. The van der Waals surface area contributed by atoms with Crippen molar-refractivity contribution in [2.45, 2.75) is 25.5 Å². The normalized spacial score (nSPS) is 13.0. The van der Waals surface area contributed by atoms with Crippen molar-refractivity contribution in [1.82, 2.24) is 24.5 Å². The summed E-state index contributed by atoms with van der Waals surface area (Å²) in [7, 11) is 3.13. The summed E-state index contributed by atoms with van der Waals surface area (Å²) in [4.78, 5) is 17.3. The fourth-order valence-corrected chi connectivity index (χ4v) is 4.03. The van der Waals surface area contributed by atoms with Crippen LogP contribution in [0.4, 0.5) is 8.78 Å². The number of imidazole rings is 1. The van der Waals surface area contributed by atoms with Crippen molar-refractivity contribution in [2.75, 3.05) is 13.7 Å². The van der Waals surface area contributed by atoms with Gasteiger partial charge in [-0.3, -0.25) is 13.9 Å². The second kappa shape index (κ2) is 9.77. The van der Waals surface area contributed by atoms with Gasteiger partial charge in [-0.2, -0.15) is 19.1 Å². The average molecular weight is 508 g/mol. The van der Waals surface area contributed by atoms with Crippen molar-refractivity contribution >= 4 is 11.6 Å². The Hall–Kier alpha value is -4.66. The smallest absolute Gasteiger partial charge is 0.387 e. The first kappa shape index (κ1) is 24.1. The van der Waals surface area contributed by atoms with Crippen molar-refractivity contribution in [3.8, 4) is 45.7 Å². The lowest BCUT2D eigenvalue weighted by Crippen LogP contribution is -2.26. The Balaban J connectivity index is 1.64. The fraction of sp³-hybridized carbons (Fsp3) is 0.280. The van der Waals surface area contributed by atoms with E-state index < -0.39 is 12.5 Å². The molecule has 10 nitrogen and oxygen atoms in total. The minimum absolute atomic E-state index is 0.0101.